The van der Waals surface area contributed by atoms with Crippen molar-refractivity contribution in [2.75, 3.05) is 39.3 Å². The number of piperazine rings is 1. The van der Waals surface area contributed by atoms with Crippen LogP contribution < -0.4 is 16.0 Å². The van der Waals surface area contributed by atoms with E-state index in [4.69, 9.17) is 0 Å². The fourth-order valence-corrected chi connectivity index (χ4v) is 3.43. The molecule has 3 heteroatoms. The summed E-state index contributed by atoms with van der Waals surface area (Å²) in [6.07, 6.45) is 4.12. The van der Waals surface area contributed by atoms with Crippen LogP contribution >= 0.6 is 0 Å². The molecule has 3 nitrogen and oxygen atoms in total. The molecular weight excluding hydrogens is 234 g/mol. The SMILES string of the molecule is C1CNCCN1.CC(C)CC(C)(C)C1CCNCC1. The van der Waals surface area contributed by atoms with Gasteiger partial charge in [-0.15, -0.1) is 0 Å². The summed E-state index contributed by atoms with van der Waals surface area (Å²) in [6.45, 7) is 16.6. The van der Waals surface area contributed by atoms with Crippen molar-refractivity contribution in [1.82, 2.24) is 16.0 Å². The molecule has 0 atom stereocenters. The highest BCUT2D eigenvalue weighted by atomic mass is 15.0. The number of nitrogens with one attached hydrogen (secondary N) is 3. The van der Waals surface area contributed by atoms with E-state index in [9.17, 15) is 0 Å². The zero-order valence-electron chi connectivity index (χ0n) is 13.5. The van der Waals surface area contributed by atoms with E-state index >= 15 is 0 Å². The highest BCUT2D eigenvalue weighted by Gasteiger charge is 2.30. The van der Waals surface area contributed by atoms with Crippen LogP contribution in [0.15, 0.2) is 0 Å². The Morgan fingerprint density at radius 3 is 1.63 bits per heavy atom. The Bertz CT molecular complexity index is 205. The van der Waals surface area contributed by atoms with Gasteiger partial charge in [-0.1, -0.05) is 27.7 Å². The summed E-state index contributed by atoms with van der Waals surface area (Å²) < 4.78 is 0. The maximum atomic E-state index is 3.44. The van der Waals surface area contributed by atoms with Gasteiger partial charge in [0.05, 0.1) is 0 Å². The van der Waals surface area contributed by atoms with Crippen LogP contribution in [0.4, 0.5) is 0 Å². The van der Waals surface area contributed by atoms with Gasteiger partial charge in [0.2, 0.25) is 0 Å². The largest absolute Gasteiger partial charge is 0.317 e. The van der Waals surface area contributed by atoms with Gasteiger partial charge >= 0.3 is 0 Å². The Kier molecular flexibility index (Phi) is 7.96. The minimum Gasteiger partial charge on any atom is -0.317 e. The molecule has 0 bridgehead atoms. The molecule has 2 heterocycles. The second-order valence-corrected chi connectivity index (χ2v) is 7.11. The third-order valence-corrected chi connectivity index (χ3v) is 4.34. The zero-order valence-corrected chi connectivity index (χ0v) is 13.5. The highest BCUT2D eigenvalue weighted by Crippen LogP contribution is 2.38. The van der Waals surface area contributed by atoms with E-state index in [1.807, 2.05) is 0 Å². The quantitative estimate of drug-likeness (QED) is 0.735. The van der Waals surface area contributed by atoms with Gasteiger partial charge in [0.1, 0.15) is 0 Å². The fourth-order valence-electron chi connectivity index (χ4n) is 3.43. The molecule has 114 valence electrons. The first kappa shape index (κ1) is 16.9. The molecule has 3 N–H and O–H groups in total. The molecule has 2 aliphatic rings. The lowest BCUT2D eigenvalue weighted by molar-refractivity contribution is 0.135. The molecule has 0 aliphatic carbocycles. The lowest BCUT2D eigenvalue weighted by Gasteiger charge is -2.38. The Morgan fingerprint density at radius 2 is 1.26 bits per heavy atom. The van der Waals surface area contributed by atoms with Gasteiger partial charge in [0.25, 0.3) is 0 Å². The topological polar surface area (TPSA) is 36.1 Å². The van der Waals surface area contributed by atoms with Gasteiger partial charge in [0.15, 0.2) is 0 Å². The minimum absolute atomic E-state index is 0.552. The Morgan fingerprint density at radius 1 is 0.842 bits per heavy atom. The van der Waals surface area contributed by atoms with E-state index in [0.29, 0.717) is 5.41 Å². The van der Waals surface area contributed by atoms with Crippen LogP contribution in [-0.2, 0) is 0 Å². The number of piperidine rings is 1. The first-order chi connectivity index (χ1) is 9.02. The molecule has 0 saturated carbocycles. The van der Waals surface area contributed by atoms with Gasteiger partial charge in [-0.05, 0) is 49.6 Å². The molecule has 0 radical (unpaired) electrons. The van der Waals surface area contributed by atoms with E-state index < -0.39 is 0 Å². The summed E-state index contributed by atoms with van der Waals surface area (Å²) in [4.78, 5) is 0. The number of rotatable bonds is 3. The van der Waals surface area contributed by atoms with Crippen molar-refractivity contribution in [1.29, 1.82) is 0 Å². The van der Waals surface area contributed by atoms with E-state index in [1.165, 1.54) is 32.4 Å². The van der Waals surface area contributed by atoms with E-state index in [1.54, 1.807) is 0 Å². The molecule has 2 fully saturated rings. The molecule has 0 aromatic heterocycles. The maximum Gasteiger partial charge on any atom is 0.00772 e. The van der Waals surface area contributed by atoms with E-state index in [-0.39, 0.29) is 0 Å². The van der Waals surface area contributed by atoms with Crippen molar-refractivity contribution in [3.05, 3.63) is 0 Å². The molecule has 2 rings (SSSR count). The highest BCUT2D eigenvalue weighted by molar-refractivity contribution is 4.82. The predicted molar refractivity (Wildman–Crippen MR) is 84.6 cm³/mol. The average Bonchev–Trinajstić information content (AvgIpc) is 2.41. The van der Waals surface area contributed by atoms with Crippen molar-refractivity contribution in [2.24, 2.45) is 17.3 Å². The normalized spacial score (nSPS) is 21.9. The molecule has 2 aliphatic heterocycles. The summed E-state index contributed by atoms with van der Waals surface area (Å²) in [7, 11) is 0. The van der Waals surface area contributed by atoms with Gasteiger partial charge in [-0.2, -0.15) is 0 Å². The van der Waals surface area contributed by atoms with Crippen LogP contribution in [0.1, 0.15) is 47.0 Å². The van der Waals surface area contributed by atoms with Crippen molar-refractivity contribution in [2.45, 2.75) is 47.0 Å². The number of hydrogen-bond donors (Lipinski definition) is 3. The fraction of sp³-hybridized carbons (Fsp3) is 1.00. The molecule has 2 saturated heterocycles. The first-order valence-corrected chi connectivity index (χ1v) is 8.14. The third-order valence-electron chi connectivity index (χ3n) is 4.34. The smallest absolute Gasteiger partial charge is 0.00772 e. The molecule has 0 unspecified atom stereocenters. The Balaban J connectivity index is 0.000000250. The standard InChI is InChI=1S/C12H25N.C4H10N2/c1-10(2)9-12(3,4)11-5-7-13-8-6-11;1-2-6-4-3-5-1/h10-11,13H,5-9H2,1-4H3;5-6H,1-4H2. The van der Waals surface area contributed by atoms with Crippen LogP contribution in [0.5, 0.6) is 0 Å². The lowest BCUT2D eigenvalue weighted by Crippen LogP contribution is -2.39. The van der Waals surface area contributed by atoms with E-state index in [0.717, 1.165) is 38.0 Å². The van der Waals surface area contributed by atoms with Crippen molar-refractivity contribution >= 4 is 0 Å². The van der Waals surface area contributed by atoms with Crippen molar-refractivity contribution < 1.29 is 0 Å². The molecule has 0 aromatic carbocycles. The Hall–Kier alpha value is -0.120. The number of hydrogen-bond acceptors (Lipinski definition) is 3. The van der Waals surface area contributed by atoms with Gasteiger partial charge < -0.3 is 16.0 Å². The average molecular weight is 269 g/mol. The van der Waals surface area contributed by atoms with Crippen molar-refractivity contribution in [3.8, 4) is 0 Å². The van der Waals surface area contributed by atoms with Crippen LogP contribution in [-0.4, -0.2) is 39.3 Å². The maximum absolute atomic E-state index is 3.44. The predicted octanol–water partition coefficient (Wildman–Crippen LogP) is 2.24. The second kappa shape index (κ2) is 8.93. The molecule has 0 spiro atoms. The summed E-state index contributed by atoms with van der Waals surface area (Å²) in [5.74, 6) is 1.78. The summed E-state index contributed by atoms with van der Waals surface area (Å²) >= 11 is 0. The second-order valence-electron chi connectivity index (χ2n) is 7.11. The van der Waals surface area contributed by atoms with Crippen LogP contribution in [0.25, 0.3) is 0 Å². The van der Waals surface area contributed by atoms with Crippen LogP contribution in [0, 0.1) is 17.3 Å². The lowest BCUT2D eigenvalue weighted by atomic mass is 9.70. The van der Waals surface area contributed by atoms with Crippen LogP contribution in [0.2, 0.25) is 0 Å². The van der Waals surface area contributed by atoms with Crippen molar-refractivity contribution in [3.63, 3.8) is 0 Å². The first-order valence-electron chi connectivity index (χ1n) is 8.14. The van der Waals surface area contributed by atoms with Gasteiger partial charge in [0, 0.05) is 26.2 Å². The monoisotopic (exact) mass is 269 g/mol. The molecule has 0 amide bonds. The van der Waals surface area contributed by atoms with Crippen LogP contribution in [0.3, 0.4) is 0 Å². The molecule has 0 aromatic rings. The zero-order chi connectivity index (χ0) is 14.1. The molecular formula is C16H35N3. The van der Waals surface area contributed by atoms with Gasteiger partial charge in [-0.25, -0.2) is 0 Å². The van der Waals surface area contributed by atoms with E-state index in [2.05, 4.69) is 43.6 Å². The minimum atomic E-state index is 0.552. The molecule has 19 heavy (non-hydrogen) atoms. The summed E-state index contributed by atoms with van der Waals surface area (Å²) in [6, 6.07) is 0. The van der Waals surface area contributed by atoms with Gasteiger partial charge in [-0.3, -0.25) is 0 Å². The Labute approximate surface area is 120 Å². The summed E-state index contributed by atoms with van der Waals surface area (Å²) in [5.41, 5.74) is 0.552. The third kappa shape index (κ3) is 7.28. The summed E-state index contributed by atoms with van der Waals surface area (Å²) in [5, 5.41) is 9.88.